The summed E-state index contributed by atoms with van der Waals surface area (Å²) in [4.78, 5) is 0. The van der Waals surface area contributed by atoms with Gasteiger partial charge in [-0.05, 0) is 12.1 Å². The summed E-state index contributed by atoms with van der Waals surface area (Å²) in [7, 11) is -0.124. The number of rotatable bonds is 7. The number of alkyl halides is 3. The molecule has 2 aromatic heterocycles. The Hall–Kier alpha value is -3.35. The highest BCUT2D eigenvalue weighted by Gasteiger charge is 2.36. The van der Waals surface area contributed by atoms with Gasteiger partial charge in [-0.15, -0.1) is 0 Å². The summed E-state index contributed by atoms with van der Waals surface area (Å²) in [6, 6.07) is 5.53. The predicted octanol–water partition coefficient (Wildman–Crippen LogP) is 3.78. The van der Waals surface area contributed by atoms with Crippen molar-refractivity contribution in [1.29, 1.82) is 0 Å². The fourth-order valence-corrected chi connectivity index (χ4v) is 3.45. The first-order valence-corrected chi connectivity index (χ1v) is 9.54. The molecule has 162 valence electrons. The number of furan rings is 1. The van der Waals surface area contributed by atoms with Gasteiger partial charge in [0.05, 0.1) is 27.0 Å². The second-order valence-electron chi connectivity index (χ2n) is 5.71. The van der Waals surface area contributed by atoms with E-state index >= 15 is 0 Å². The van der Waals surface area contributed by atoms with Crippen LogP contribution in [0.4, 0.5) is 18.9 Å². The average molecular weight is 448 g/mol. The highest BCUT2D eigenvalue weighted by atomic mass is 32.2. The van der Waals surface area contributed by atoms with Crippen molar-refractivity contribution in [3.05, 3.63) is 36.1 Å². The van der Waals surface area contributed by atoms with Crippen molar-refractivity contribution in [2.45, 2.75) is 11.3 Å². The molecular weight excluding hydrogens is 433 g/mol. The van der Waals surface area contributed by atoms with Crippen LogP contribution >= 0.6 is 0 Å². The first kappa shape index (κ1) is 21.4. The first-order valence-electron chi connectivity index (χ1n) is 8.06. The molecule has 0 aliphatic rings. The van der Waals surface area contributed by atoms with Gasteiger partial charge in [0, 0.05) is 18.2 Å². The number of anilines is 1. The van der Waals surface area contributed by atoms with Crippen LogP contribution in [0.1, 0.15) is 5.76 Å². The van der Waals surface area contributed by atoms with Gasteiger partial charge in [-0.1, -0.05) is 5.16 Å². The number of hydrogen-bond donors (Lipinski definition) is 1. The van der Waals surface area contributed by atoms with Crippen LogP contribution in [0.3, 0.4) is 0 Å². The van der Waals surface area contributed by atoms with E-state index in [-0.39, 0.29) is 34.4 Å². The summed E-state index contributed by atoms with van der Waals surface area (Å²) in [5.41, 5.74) is -0.236. The summed E-state index contributed by atoms with van der Waals surface area (Å²) in [5.74, 6) is -0.892. The number of nitrogens with one attached hydrogen (secondary N) is 1. The molecule has 0 atom stereocenters. The number of methoxy groups -OCH3 is 3. The fraction of sp³-hybridized carbons (Fsp3) is 0.235. The Bertz CT molecular complexity index is 1130. The number of sulfonamides is 1. The molecule has 0 bridgehead atoms. The molecule has 0 amide bonds. The summed E-state index contributed by atoms with van der Waals surface area (Å²) < 4.78 is 90.3. The van der Waals surface area contributed by atoms with Gasteiger partial charge in [0.2, 0.25) is 16.6 Å². The van der Waals surface area contributed by atoms with E-state index in [4.69, 9.17) is 18.6 Å². The molecule has 0 radical (unpaired) electrons. The molecule has 1 N–H and O–H groups in total. The van der Waals surface area contributed by atoms with Crippen LogP contribution in [0.2, 0.25) is 0 Å². The zero-order valence-corrected chi connectivity index (χ0v) is 16.6. The van der Waals surface area contributed by atoms with E-state index in [1.165, 1.54) is 33.5 Å². The molecule has 0 saturated carbocycles. The number of halogens is 3. The van der Waals surface area contributed by atoms with E-state index in [9.17, 15) is 21.6 Å². The number of nitrogens with zero attached hydrogens (tertiary/aromatic N) is 1. The third kappa shape index (κ3) is 4.15. The molecule has 3 aromatic rings. The van der Waals surface area contributed by atoms with Gasteiger partial charge in [0.1, 0.15) is 5.69 Å². The molecule has 0 saturated heterocycles. The molecule has 0 unspecified atom stereocenters. The molecule has 0 spiro atoms. The summed E-state index contributed by atoms with van der Waals surface area (Å²) in [5, 5.41) is 2.69. The number of benzene rings is 1. The van der Waals surface area contributed by atoms with Crippen LogP contribution in [-0.4, -0.2) is 34.9 Å². The second kappa shape index (κ2) is 7.82. The zero-order valence-electron chi connectivity index (χ0n) is 15.7. The standard InChI is InChI=1S/C17H15F3N2O7S/c1-25-12-6-9(7-13(26-2)16(12)27-3)22-30(23,24)15-5-4-11(28-15)10-8-14(29-21-10)17(18,19)20/h4-8,22H,1-3H3. The van der Waals surface area contributed by atoms with E-state index in [0.29, 0.717) is 6.07 Å². The van der Waals surface area contributed by atoms with E-state index in [0.717, 1.165) is 12.1 Å². The fourth-order valence-electron chi connectivity index (χ4n) is 2.47. The molecule has 2 heterocycles. The van der Waals surface area contributed by atoms with Crippen LogP contribution in [-0.2, 0) is 16.2 Å². The van der Waals surface area contributed by atoms with Crippen LogP contribution < -0.4 is 18.9 Å². The van der Waals surface area contributed by atoms with Crippen molar-refractivity contribution in [2.24, 2.45) is 0 Å². The minimum absolute atomic E-state index is 0.0724. The van der Waals surface area contributed by atoms with Gasteiger partial charge in [-0.25, -0.2) is 0 Å². The van der Waals surface area contributed by atoms with Crippen molar-refractivity contribution in [3.63, 3.8) is 0 Å². The number of aromatic nitrogens is 1. The predicted molar refractivity (Wildman–Crippen MR) is 96.1 cm³/mol. The normalized spacial score (nSPS) is 11.9. The van der Waals surface area contributed by atoms with Crippen LogP contribution in [0, 0.1) is 0 Å². The maximum absolute atomic E-state index is 12.6. The average Bonchev–Trinajstić information content (AvgIpc) is 3.36. The SMILES string of the molecule is COc1cc(NS(=O)(=O)c2ccc(-c3cc(C(F)(F)F)on3)o2)cc(OC)c1OC. The Morgan fingerprint density at radius 1 is 1.00 bits per heavy atom. The molecule has 9 nitrogen and oxygen atoms in total. The van der Waals surface area contributed by atoms with Crippen LogP contribution in [0.25, 0.3) is 11.5 Å². The highest BCUT2D eigenvalue weighted by Crippen LogP contribution is 2.40. The lowest BCUT2D eigenvalue weighted by molar-refractivity contribution is -0.155. The summed E-state index contributed by atoms with van der Waals surface area (Å²) in [6.07, 6.45) is -4.74. The monoisotopic (exact) mass is 448 g/mol. The molecular formula is C17H15F3N2O7S. The quantitative estimate of drug-likeness (QED) is 0.581. The van der Waals surface area contributed by atoms with Gasteiger partial charge < -0.3 is 23.2 Å². The lowest BCUT2D eigenvalue weighted by atomic mass is 10.2. The Balaban J connectivity index is 1.90. The Morgan fingerprint density at radius 3 is 2.13 bits per heavy atom. The minimum atomic E-state index is -4.74. The summed E-state index contributed by atoms with van der Waals surface area (Å²) in [6.45, 7) is 0. The van der Waals surface area contributed by atoms with Crippen molar-refractivity contribution in [2.75, 3.05) is 26.1 Å². The summed E-state index contributed by atoms with van der Waals surface area (Å²) >= 11 is 0. The van der Waals surface area contributed by atoms with Gasteiger partial charge >= 0.3 is 6.18 Å². The zero-order chi connectivity index (χ0) is 22.1. The van der Waals surface area contributed by atoms with Crippen molar-refractivity contribution in [3.8, 4) is 28.7 Å². The van der Waals surface area contributed by atoms with Crippen LogP contribution in [0.5, 0.6) is 17.2 Å². The van der Waals surface area contributed by atoms with Gasteiger partial charge in [0.25, 0.3) is 10.0 Å². The molecule has 0 aliphatic heterocycles. The van der Waals surface area contributed by atoms with Gasteiger partial charge in [-0.2, -0.15) is 21.6 Å². The molecule has 1 aromatic carbocycles. The lowest BCUT2D eigenvalue weighted by Gasteiger charge is -2.14. The third-order valence-electron chi connectivity index (χ3n) is 3.81. The van der Waals surface area contributed by atoms with E-state index in [1.807, 2.05) is 0 Å². The van der Waals surface area contributed by atoms with Crippen LogP contribution in [0.15, 0.2) is 44.4 Å². The van der Waals surface area contributed by atoms with Crippen molar-refractivity contribution < 1.29 is 44.7 Å². The van der Waals surface area contributed by atoms with Gasteiger partial charge in [-0.3, -0.25) is 4.72 Å². The minimum Gasteiger partial charge on any atom is -0.493 e. The Morgan fingerprint density at radius 2 is 1.63 bits per heavy atom. The number of ether oxygens (including phenoxy) is 3. The third-order valence-corrected chi connectivity index (χ3v) is 5.06. The van der Waals surface area contributed by atoms with E-state index in [2.05, 4.69) is 14.4 Å². The Kier molecular flexibility index (Phi) is 5.57. The lowest BCUT2D eigenvalue weighted by Crippen LogP contribution is -2.12. The molecule has 13 heteroatoms. The largest absolute Gasteiger partial charge is 0.493 e. The Labute approximate surface area is 168 Å². The molecule has 0 aliphatic carbocycles. The van der Waals surface area contributed by atoms with E-state index in [1.54, 1.807) is 0 Å². The highest BCUT2D eigenvalue weighted by molar-refractivity contribution is 7.92. The van der Waals surface area contributed by atoms with Crippen molar-refractivity contribution in [1.82, 2.24) is 5.16 Å². The maximum Gasteiger partial charge on any atom is 0.452 e. The molecule has 30 heavy (non-hydrogen) atoms. The van der Waals surface area contributed by atoms with Gasteiger partial charge in [0.15, 0.2) is 17.3 Å². The number of hydrogen-bond acceptors (Lipinski definition) is 8. The smallest absolute Gasteiger partial charge is 0.452 e. The first-order chi connectivity index (χ1) is 14.1. The van der Waals surface area contributed by atoms with E-state index < -0.39 is 27.1 Å². The molecule has 3 rings (SSSR count). The second-order valence-corrected chi connectivity index (χ2v) is 7.33. The maximum atomic E-state index is 12.6. The van der Waals surface area contributed by atoms with Crippen molar-refractivity contribution >= 4 is 15.7 Å². The topological polar surface area (TPSA) is 113 Å². The molecule has 0 fully saturated rings.